The Morgan fingerprint density at radius 2 is 1.77 bits per heavy atom. The van der Waals surface area contributed by atoms with Crippen molar-refractivity contribution in [3.05, 3.63) is 70.3 Å². The average molecular weight is 425 g/mol. The Morgan fingerprint density at radius 3 is 2.33 bits per heavy atom. The molecule has 3 rings (SSSR count). The van der Waals surface area contributed by atoms with Crippen LogP contribution < -0.4 is 0 Å². The Morgan fingerprint density at radius 1 is 1.10 bits per heavy atom. The highest BCUT2D eigenvalue weighted by Crippen LogP contribution is 2.33. The van der Waals surface area contributed by atoms with Crippen molar-refractivity contribution in [2.45, 2.75) is 43.4 Å². The van der Waals surface area contributed by atoms with Gasteiger partial charge in [-0.05, 0) is 41.3 Å². The maximum Gasteiger partial charge on any atom is 0.416 e. The van der Waals surface area contributed by atoms with E-state index in [2.05, 4.69) is 6.07 Å². The van der Waals surface area contributed by atoms with Crippen LogP contribution in [0.1, 0.15) is 40.3 Å². The van der Waals surface area contributed by atoms with Crippen molar-refractivity contribution >= 4 is 0 Å². The van der Waals surface area contributed by atoms with Gasteiger partial charge in [0.05, 0.1) is 36.0 Å². The topological polar surface area (TPSA) is 125 Å². The van der Waals surface area contributed by atoms with Crippen LogP contribution in [0, 0.1) is 11.3 Å². The van der Waals surface area contributed by atoms with Crippen molar-refractivity contribution in [2.24, 2.45) is 0 Å². The van der Waals surface area contributed by atoms with Crippen molar-refractivity contribution < 1.29 is 38.7 Å². The highest BCUT2D eigenvalue weighted by atomic mass is 19.4. The van der Waals surface area contributed by atoms with E-state index in [1.165, 1.54) is 12.1 Å². The maximum absolute atomic E-state index is 12.7. The van der Waals surface area contributed by atoms with E-state index in [-0.39, 0.29) is 18.3 Å². The van der Waals surface area contributed by atoms with Gasteiger partial charge in [-0.1, -0.05) is 24.3 Å². The second-order valence-electron chi connectivity index (χ2n) is 7.04. The lowest BCUT2D eigenvalue weighted by Gasteiger charge is -2.36. The van der Waals surface area contributed by atoms with Crippen LogP contribution >= 0.6 is 0 Å². The molecule has 2 aromatic rings. The van der Waals surface area contributed by atoms with Crippen LogP contribution in [0.2, 0.25) is 0 Å². The number of ether oxygens (including phenoxy) is 1. The molecule has 1 aliphatic rings. The number of nitrogens with zero attached hydrogens (tertiary/aromatic N) is 1. The molecule has 1 saturated heterocycles. The molecule has 4 atom stereocenters. The fraction of sp³-hybridized carbons (Fsp3) is 0.381. The van der Waals surface area contributed by atoms with E-state index in [1.54, 1.807) is 18.2 Å². The van der Waals surface area contributed by atoms with Crippen molar-refractivity contribution in [3.63, 3.8) is 0 Å². The van der Waals surface area contributed by atoms with Gasteiger partial charge in [-0.15, -0.1) is 0 Å². The summed E-state index contributed by atoms with van der Waals surface area (Å²) < 4.78 is 43.9. The monoisotopic (exact) mass is 425 g/mol. The molecule has 0 aliphatic carbocycles. The van der Waals surface area contributed by atoms with E-state index in [9.17, 15) is 33.8 Å². The largest absolute Gasteiger partial charge is 0.416 e. The quantitative estimate of drug-likeness (QED) is 0.690. The first-order chi connectivity index (χ1) is 13.7. The van der Waals surface area contributed by atoms with Crippen LogP contribution in [0.15, 0.2) is 42.5 Å². The van der Waals surface area contributed by atoms with Crippen LogP contribution in [0.5, 0.6) is 0 Å². The molecule has 0 saturated carbocycles. The molecule has 5 N–H and O–H groups in total. The third-order valence-electron chi connectivity index (χ3n) is 5.05. The number of hydrogen-bond donors (Lipinski definition) is 3. The lowest BCUT2D eigenvalue weighted by Crippen LogP contribution is -2.47. The molecular weight excluding hydrogens is 403 g/mol. The first-order valence-electron chi connectivity index (χ1n) is 9.04. The molecule has 1 fully saturated rings. The van der Waals surface area contributed by atoms with Gasteiger partial charge in [0, 0.05) is 6.42 Å². The third-order valence-corrected chi connectivity index (χ3v) is 5.05. The normalized spacial score (nSPS) is 24.0. The summed E-state index contributed by atoms with van der Waals surface area (Å²) in [5.74, 6) is 0. The fourth-order valence-electron chi connectivity index (χ4n) is 3.42. The van der Waals surface area contributed by atoms with Gasteiger partial charge in [0.2, 0.25) is 0 Å². The van der Waals surface area contributed by atoms with E-state index in [0.717, 1.165) is 12.1 Å². The Labute approximate surface area is 171 Å². The number of alkyl halides is 3. The van der Waals surface area contributed by atoms with Gasteiger partial charge in [-0.2, -0.15) is 18.4 Å². The zero-order valence-corrected chi connectivity index (χ0v) is 15.8. The minimum absolute atomic E-state index is 0. The van der Waals surface area contributed by atoms with E-state index in [0.29, 0.717) is 22.3 Å². The molecule has 2 unspecified atom stereocenters. The second-order valence-corrected chi connectivity index (χ2v) is 7.04. The van der Waals surface area contributed by atoms with Crippen molar-refractivity contribution in [1.82, 2.24) is 0 Å². The summed E-state index contributed by atoms with van der Waals surface area (Å²) in [6.45, 7) is -0.455. The molecule has 1 aliphatic heterocycles. The van der Waals surface area contributed by atoms with Crippen molar-refractivity contribution in [1.29, 1.82) is 5.26 Å². The van der Waals surface area contributed by atoms with Gasteiger partial charge in [0.25, 0.3) is 0 Å². The molecule has 6 nitrogen and oxygen atoms in total. The first-order valence-corrected chi connectivity index (χ1v) is 9.04. The third kappa shape index (κ3) is 5.16. The maximum atomic E-state index is 12.7. The minimum atomic E-state index is -4.41. The highest BCUT2D eigenvalue weighted by molar-refractivity contribution is 5.44. The molecule has 0 aromatic heterocycles. The van der Waals surface area contributed by atoms with Crippen LogP contribution in [0.25, 0.3) is 0 Å². The first kappa shape index (κ1) is 23.8. The number of rotatable bonds is 4. The Balaban J connectivity index is 0.00000320. The number of nitriles is 1. The van der Waals surface area contributed by atoms with E-state index in [4.69, 9.17) is 4.74 Å². The molecule has 9 heteroatoms. The Bertz CT molecular complexity index is 895. The summed E-state index contributed by atoms with van der Waals surface area (Å²) in [5, 5.41) is 38.6. The highest BCUT2D eigenvalue weighted by Gasteiger charge is 2.37. The number of aliphatic hydroxyl groups is 3. The molecule has 0 amide bonds. The molecular formula is C21H22F3NO5. The zero-order valence-electron chi connectivity index (χ0n) is 15.8. The van der Waals surface area contributed by atoms with Crippen LogP contribution in [-0.2, 0) is 17.3 Å². The van der Waals surface area contributed by atoms with Crippen LogP contribution in [-0.4, -0.2) is 45.7 Å². The zero-order chi connectivity index (χ0) is 21.2. The molecule has 0 spiro atoms. The van der Waals surface area contributed by atoms with E-state index < -0.39 is 42.8 Å². The Hall–Kier alpha value is -2.48. The van der Waals surface area contributed by atoms with Crippen molar-refractivity contribution in [2.75, 3.05) is 6.61 Å². The summed E-state index contributed by atoms with van der Waals surface area (Å²) in [6.07, 6.45) is -7.84. The van der Waals surface area contributed by atoms with Crippen LogP contribution in [0.4, 0.5) is 13.2 Å². The molecule has 1 heterocycles. The minimum Gasteiger partial charge on any atom is -0.412 e. The van der Waals surface area contributed by atoms with Gasteiger partial charge < -0.3 is 25.5 Å². The summed E-state index contributed by atoms with van der Waals surface area (Å²) in [7, 11) is 0. The lowest BCUT2D eigenvalue weighted by atomic mass is 9.91. The van der Waals surface area contributed by atoms with Gasteiger partial charge in [0.15, 0.2) is 0 Å². The summed E-state index contributed by atoms with van der Waals surface area (Å²) >= 11 is 0. The molecule has 0 bridgehead atoms. The molecule has 2 aromatic carbocycles. The second kappa shape index (κ2) is 9.55. The SMILES string of the molecule is N#Cc1ccc([C@H]2CC(O)C(O)[C@@H](CO)O2)cc1Cc1ccc(C(F)(F)F)cc1.O. The smallest absolute Gasteiger partial charge is 0.412 e. The predicted octanol–water partition coefficient (Wildman–Crippen LogP) is 1.89. The molecule has 30 heavy (non-hydrogen) atoms. The summed E-state index contributed by atoms with van der Waals surface area (Å²) in [4.78, 5) is 0. The van der Waals surface area contributed by atoms with Gasteiger partial charge in [-0.25, -0.2) is 0 Å². The number of aliphatic hydroxyl groups excluding tert-OH is 3. The molecule has 0 radical (unpaired) electrons. The van der Waals surface area contributed by atoms with E-state index in [1.807, 2.05) is 0 Å². The van der Waals surface area contributed by atoms with Gasteiger partial charge in [-0.3, -0.25) is 0 Å². The van der Waals surface area contributed by atoms with Crippen LogP contribution in [0.3, 0.4) is 0 Å². The van der Waals surface area contributed by atoms with Gasteiger partial charge >= 0.3 is 6.18 Å². The van der Waals surface area contributed by atoms with E-state index >= 15 is 0 Å². The number of benzene rings is 2. The van der Waals surface area contributed by atoms with Gasteiger partial charge in [0.1, 0.15) is 12.2 Å². The summed E-state index contributed by atoms with van der Waals surface area (Å²) in [6, 6.07) is 11.8. The lowest BCUT2D eigenvalue weighted by molar-refractivity contribution is -0.181. The number of halogens is 3. The average Bonchev–Trinajstić information content (AvgIpc) is 2.69. The fourth-order valence-corrected chi connectivity index (χ4v) is 3.42. The molecule has 162 valence electrons. The standard InChI is InChI=1S/C21H20F3NO4.H2O/c22-21(23,24)16-5-1-12(2-6-16)7-15-8-13(3-4-14(15)10-25)18-9-17(27)20(28)19(11-26)29-18;/h1-6,8,17-20,26-28H,7,9,11H2;1H2/t17?,18-,19-,20?;/m1./s1. The summed E-state index contributed by atoms with van der Waals surface area (Å²) in [5.41, 5.74) is 1.50. The number of hydrogen-bond acceptors (Lipinski definition) is 5. The Kier molecular flexibility index (Phi) is 7.58. The predicted molar refractivity (Wildman–Crippen MR) is 100 cm³/mol. The van der Waals surface area contributed by atoms with Crippen molar-refractivity contribution in [3.8, 4) is 6.07 Å².